The highest BCUT2D eigenvalue weighted by atomic mass is 79.9. The van der Waals surface area contributed by atoms with Gasteiger partial charge in [-0.3, -0.25) is 0 Å². The van der Waals surface area contributed by atoms with Crippen molar-refractivity contribution in [3.8, 4) is 10.6 Å². The van der Waals surface area contributed by atoms with Gasteiger partial charge >= 0.3 is 6.03 Å². The molecule has 3 rings (SSSR count). The summed E-state index contributed by atoms with van der Waals surface area (Å²) in [7, 11) is 0. The fourth-order valence-corrected chi connectivity index (χ4v) is 3.37. The molecule has 17 heavy (non-hydrogen) atoms. The summed E-state index contributed by atoms with van der Waals surface area (Å²) in [6.07, 6.45) is 0.869. The smallest absolute Gasteiger partial charge is 0.341 e. The minimum Gasteiger partial charge on any atom is -0.369 e. The number of nitrogens with zero attached hydrogens (tertiary/aromatic N) is 2. The number of nitrogens with one attached hydrogen (secondary N) is 1. The average Bonchev–Trinajstić information content (AvgIpc) is 2.90. The van der Waals surface area contributed by atoms with Gasteiger partial charge in [-0.05, 0) is 34.5 Å². The van der Waals surface area contributed by atoms with E-state index in [0.29, 0.717) is 0 Å². The molecule has 0 unspecified atom stereocenters. The molecule has 0 fully saturated rings. The standard InChI is InChI=1S/C10H9BrN4OS/c11-7-2-1-6(17-7)8-5-3-4-13-9(5)15(14-8)10(12)16/h1-2,13H,3-4H2,(H2,12,16). The quantitative estimate of drug-likeness (QED) is 0.848. The Morgan fingerprint density at radius 1 is 1.59 bits per heavy atom. The van der Waals surface area contributed by atoms with Crippen molar-refractivity contribution in [3.63, 3.8) is 0 Å². The molecule has 0 bridgehead atoms. The first kappa shape index (κ1) is 10.8. The van der Waals surface area contributed by atoms with Gasteiger partial charge in [0.25, 0.3) is 0 Å². The lowest BCUT2D eigenvalue weighted by Crippen LogP contribution is -2.22. The molecule has 7 heteroatoms. The second kappa shape index (κ2) is 3.85. The van der Waals surface area contributed by atoms with Crippen LogP contribution in [0.5, 0.6) is 0 Å². The van der Waals surface area contributed by atoms with Gasteiger partial charge in [-0.1, -0.05) is 0 Å². The van der Waals surface area contributed by atoms with E-state index >= 15 is 0 Å². The molecular weight excluding hydrogens is 304 g/mol. The summed E-state index contributed by atoms with van der Waals surface area (Å²) in [5.41, 5.74) is 7.21. The van der Waals surface area contributed by atoms with Gasteiger partial charge in [0, 0.05) is 12.1 Å². The van der Waals surface area contributed by atoms with Gasteiger partial charge in [-0.25, -0.2) is 4.79 Å². The molecular formula is C10H9BrN4OS. The molecule has 1 amide bonds. The first-order valence-corrected chi connectivity index (χ1v) is 6.69. The molecule has 3 heterocycles. The van der Waals surface area contributed by atoms with Gasteiger partial charge in [0.05, 0.1) is 8.66 Å². The SMILES string of the molecule is NC(=O)n1nc(-c2ccc(Br)s2)c2c1NCC2. The third-order valence-corrected chi connectivity index (χ3v) is 4.30. The van der Waals surface area contributed by atoms with Crippen molar-refractivity contribution >= 4 is 39.1 Å². The monoisotopic (exact) mass is 312 g/mol. The predicted octanol–water partition coefficient (Wildman–Crippen LogP) is 2.27. The van der Waals surface area contributed by atoms with Gasteiger partial charge < -0.3 is 11.1 Å². The van der Waals surface area contributed by atoms with E-state index in [2.05, 4.69) is 26.3 Å². The van der Waals surface area contributed by atoms with Gasteiger partial charge in [0.1, 0.15) is 11.5 Å². The molecule has 0 spiro atoms. The summed E-state index contributed by atoms with van der Waals surface area (Å²) in [5.74, 6) is 0.733. The molecule has 1 aliphatic rings. The summed E-state index contributed by atoms with van der Waals surface area (Å²) < 4.78 is 2.28. The van der Waals surface area contributed by atoms with Crippen LogP contribution in [0.1, 0.15) is 5.56 Å². The minimum absolute atomic E-state index is 0.558. The zero-order valence-electron chi connectivity index (χ0n) is 8.74. The molecule has 0 atom stereocenters. The molecule has 5 nitrogen and oxygen atoms in total. The van der Waals surface area contributed by atoms with E-state index in [9.17, 15) is 4.79 Å². The number of aromatic nitrogens is 2. The van der Waals surface area contributed by atoms with E-state index in [-0.39, 0.29) is 0 Å². The van der Waals surface area contributed by atoms with Crippen molar-refractivity contribution in [2.24, 2.45) is 5.73 Å². The Bertz CT molecular complexity index is 603. The lowest BCUT2D eigenvalue weighted by atomic mass is 10.2. The molecule has 0 aromatic carbocycles. The van der Waals surface area contributed by atoms with Crippen molar-refractivity contribution in [3.05, 3.63) is 21.5 Å². The molecule has 2 aromatic heterocycles. The van der Waals surface area contributed by atoms with Crippen molar-refractivity contribution in [1.82, 2.24) is 9.78 Å². The fraction of sp³-hybridized carbons (Fsp3) is 0.200. The molecule has 0 saturated carbocycles. The molecule has 0 saturated heterocycles. The van der Waals surface area contributed by atoms with E-state index in [1.54, 1.807) is 11.3 Å². The summed E-state index contributed by atoms with van der Waals surface area (Å²) in [6.45, 7) is 0.819. The normalized spacial score (nSPS) is 13.5. The maximum atomic E-state index is 11.3. The molecule has 0 aliphatic carbocycles. The Balaban J connectivity index is 2.18. The topological polar surface area (TPSA) is 72.9 Å². The molecule has 88 valence electrons. The summed E-state index contributed by atoms with van der Waals surface area (Å²) in [4.78, 5) is 12.3. The van der Waals surface area contributed by atoms with E-state index in [1.807, 2.05) is 12.1 Å². The van der Waals surface area contributed by atoms with Crippen LogP contribution in [0.4, 0.5) is 10.6 Å². The number of carbonyl (C=O) groups excluding carboxylic acids is 1. The molecule has 1 aliphatic heterocycles. The Labute approximate surface area is 110 Å². The van der Waals surface area contributed by atoms with Crippen molar-refractivity contribution < 1.29 is 4.79 Å². The number of carbonyl (C=O) groups is 1. The molecule has 3 N–H and O–H groups in total. The fourth-order valence-electron chi connectivity index (χ4n) is 1.97. The summed E-state index contributed by atoms with van der Waals surface area (Å²) >= 11 is 5.02. The summed E-state index contributed by atoms with van der Waals surface area (Å²) in [5, 5.41) is 7.42. The van der Waals surface area contributed by atoms with Crippen LogP contribution >= 0.6 is 27.3 Å². The molecule has 0 radical (unpaired) electrons. The van der Waals surface area contributed by atoms with Gasteiger partial charge in [0.2, 0.25) is 0 Å². The van der Waals surface area contributed by atoms with Gasteiger partial charge in [-0.2, -0.15) is 9.78 Å². The maximum absolute atomic E-state index is 11.3. The third-order valence-electron chi connectivity index (χ3n) is 2.67. The van der Waals surface area contributed by atoms with Crippen LogP contribution in [0.3, 0.4) is 0 Å². The first-order valence-electron chi connectivity index (χ1n) is 5.08. The number of halogens is 1. The highest BCUT2D eigenvalue weighted by Crippen LogP contribution is 2.37. The van der Waals surface area contributed by atoms with Crippen LogP contribution in [-0.4, -0.2) is 22.4 Å². The number of hydrogen-bond acceptors (Lipinski definition) is 4. The highest BCUT2D eigenvalue weighted by molar-refractivity contribution is 9.11. The van der Waals surface area contributed by atoms with Crippen LogP contribution in [0, 0.1) is 0 Å². The Kier molecular flexibility index (Phi) is 2.44. The second-order valence-electron chi connectivity index (χ2n) is 3.71. The Morgan fingerprint density at radius 3 is 3.06 bits per heavy atom. The largest absolute Gasteiger partial charge is 0.369 e. The summed E-state index contributed by atoms with van der Waals surface area (Å²) in [6, 6.07) is 3.40. The number of hydrogen-bond donors (Lipinski definition) is 2. The zero-order valence-corrected chi connectivity index (χ0v) is 11.1. The van der Waals surface area contributed by atoms with Crippen LogP contribution in [0.15, 0.2) is 15.9 Å². The number of rotatable bonds is 1. The van der Waals surface area contributed by atoms with Crippen molar-refractivity contribution in [2.45, 2.75) is 6.42 Å². The van der Waals surface area contributed by atoms with Crippen LogP contribution < -0.4 is 11.1 Å². The number of primary amides is 1. The third kappa shape index (κ3) is 1.66. The van der Waals surface area contributed by atoms with Crippen LogP contribution in [0.2, 0.25) is 0 Å². The van der Waals surface area contributed by atoms with E-state index in [4.69, 9.17) is 5.73 Å². The lowest BCUT2D eigenvalue weighted by Gasteiger charge is -1.99. The number of thiophene rings is 1. The second-order valence-corrected chi connectivity index (χ2v) is 6.17. The lowest BCUT2D eigenvalue weighted by molar-refractivity contribution is 0.248. The highest BCUT2D eigenvalue weighted by Gasteiger charge is 2.25. The Morgan fingerprint density at radius 2 is 2.41 bits per heavy atom. The minimum atomic E-state index is -0.558. The molecule has 2 aromatic rings. The number of anilines is 1. The number of fused-ring (bicyclic) bond motifs is 1. The predicted molar refractivity (Wildman–Crippen MR) is 70.4 cm³/mol. The van der Waals surface area contributed by atoms with Crippen molar-refractivity contribution in [2.75, 3.05) is 11.9 Å². The van der Waals surface area contributed by atoms with E-state index in [0.717, 1.165) is 38.7 Å². The van der Waals surface area contributed by atoms with Gasteiger partial charge in [0.15, 0.2) is 0 Å². The van der Waals surface area contributed by atoms with Gasteiger partial charge in [-0.15, -0.1) is 11.3 Å². The number of amides is 1. The zero-order chi connectivity index (χ0) is 12.0. The first-order chi connectivity index (χ1) is 8.16. The maximum Gasteiger partial charge on any atom is 0.341 e. The van der Waals surface area contributed by atoms with E-state index in [1.165, 1.54) is 4.68 Å². The van der Waals surface area contributed by atoms with E-state index < -0.39 is 6.03 Å². The van der Waals surface area contributed by atoms with Crippen molar-refractivity contribution in [1.29, 1.82) is 0 Å². The number of nitrogens with two attached hydrogens (primary N) is 1. The van der Waals surface area contributed by atoms with Crippen LogP contribution in [0.25, 0.3) is 10.6 Å². The average molecular weight is 313 g/mol. The van der Waals surface area contributed by atoms with Crippen LogP contribution in [-0.2, 0) is 6.42 Å². The Hall–Kier alpha value is -1.34.